The first-order valence-electron chi connectivity index (χ1n) is 11.1. The average molecular weight is 423 g/mol. The van der Waals surface area contributed by atoms with Crippen molar-refractivity contribution in [1.29, 1.82) is 0 Å². The third-order valence-corrected chi connectivity index (χ3v) is 5.04. The van der Waals surface area contributed by atoms with Crippen molar-refractivity contribution in [1.82, 2.24) is 5.32 Å². The van der Waals surface area contributed by atoms with Gasteiger partial charge >= 0.3 is 0 Å². The van der Waals surface area contributed by atoms with Gasteiger partial charge in [-0.25, -0.2) is 0 Å². The summed E-state index contributed by atoms with van der Waals surface area (Å²) >= 11 is 0. The molecule has 4 heteroatoms. The molecule has 1 amide bonds. The second kappa shape index (κ2) is 13.3. The third-order valence-electron chi connectivity index (χ3n) is 5.04. The van der Waals surface area contributed by atoms with Gasteiger partial charge in [-0.3, -0.25) is 4.79 Å². The van der Waals surface area contributed by atoms with E-state index in [1.165, 1.54) is 11.1 Å². The van der Waals surface area contributed by atoms with Crippen LogP contribution >= 0.6 is 0 Å². The molecule has 168 valence electrons. The Morgan fingerprint density at radius 2 is 1.84 bits per heavy atom. The number of fused-ring (bicyclic) bond motifs is 1. The Hall–Kier alpha value is -3.01. The first-order valence-corrected chi connectivity index (χ1v) is 11.1. The molecule has 1 unspecified atom stereocenters. The SMILES string of the molecule is C=CN(C)c1ccc(/C=C(\C)C(=O)NC2CCc3ccccc32)cc1OC.CC.CC. The van der Waals surface area contributed by atoms with Gasteiger partial charge in [-0.1, -0.05) is 64.6 Å². The standard InChI is InChI=1S/C23H26N2O2.2C2H6/c1-5-25(3)21-13-10-17(15-22(21)27-4)14-16(2)23(26)24-20-12-11-18-8-6-7-9-19(18)20;2*1-2/h5-10,13-15,20H,1,11-12H2,2-4H3,(H,24,26);2*1-2H3/b16-14+;;. The summed E-state index contributed by atoms with van der Waals surface area (Å²) in [5.41, 5.74) is 5.08. The number of aryl methyl sites for hydroxylation is 1. The predicted molar refractivity (Wildman–Crippen MR) is 134 cm³/mol. The first kappa shape index (κ1) is 26.0. The minimum Gasteiger partial charge on any atom is -0.495 e. The van der Waals surface area contributed by atoms with E-state index in [4.69, 9.17) is 4.74 Å². The molecule has 0 aliphatic heterocycles. The molecule has 0 heterocycles. The molecule has 0 radical (unpaired) electrons. The third kappa shape index (κ3) is 6.74. The van der Waals surface area contributed by atoms with Crippen LogP contribution in [0.25, 0.3) is 6.08 Å². The Kier molecular flexibility index (Phi) is 11.2. The summed E-state index contributed by atoms with van der Waals surface area (Å²) in [7, 11) is 3.55. The maximum Gasteiger partial charge on any atom is 0.247 e. The molecule has 3 rings (SSSR count). The molecule has 2 aromatic rings. The minimum atomic E-state index is -0.0389. The van der Waals surface area contributed by atoms with Crippen LogP contribution in [0.15, 0.2) is 60.8 Å². The summed E-state index contributed by atoms with van der Waals surface area (Å²) < 4.78 is 5.48. The van der Waals surface area contributed by atoms with E-state index in [0.29, 0.717) is 5.57 Å². The van der Waals surface area contributed by atoms with Crippen molar-refractivity contribution in [2.45, 2.75) is 53.5 Å². The van der Waals surface area contributed by atoms with E-state index in [0.717, 1.165) is 29.8 Å². The lowest BCUT2D eigenvalue weighted by molar-refractivity contribution is -0.118. The number of carbonyl (C=O) groups excluding carboxylic acids is 1. The van der Waals surface area contributed by atoms with Crippen LogP contribution in [-0.2, 0) is 11.2 Å². The van der Waals surface area contributed by atoms with Crippen LogP contribution in [0, 0.1) is 0 Å². The fraction of sp³-hybridized carbons (Fsp3) is 0.370. The Morgan fingerprint density at radius 1 is 1.16 bits per heavy atom. The molecule has 0 aromatic heterocycles. The van der Waals surface area contributed by atoms with Crippen LogP contribution in [-0.4, -0.2) is 20.1 Å². The van der Waals surface area contributed by atoms with E-state index < -0.39 is 0 Å². The fourth-order valence-corrected chi connectivity index (χ4v) is 3.47. The summed E-state index contributed by atoms with van der Waals surface area (Å²) in [4.78, 5) is 14.5. The van der Waals surface area contributed by atoms with Gasteiger partial charge in [0.2, 0.25) is 5.91 Å². The van der Waals surface area contributed by atoms with Crippen LogP contribution in [0.5, 0.6) is 5.75 Å². The fourth-order valence-electron chi connectivity index (χ4n) is 3.47. The van der Waals surface area contributed by atoms with E-state index in [2.05, 4.69) is 30.1 Å². The highest BCUT2D eigenvalue weighted by Gasteiger charge is 2.23. The topological polar surface area (TPSA) is 41.6 Å². The Morgan fingerprint density at radius 3 is 2.48 bits per heavy atom. The van der Waals surface area contributed by atoms with Gasteiger partial charge in [-0.05, 0) is 60.9 Å². The summed E-state index contributed by atoms with van der Waals surface area (Å²) in [6.45, 7) is 13.6. The minimum absolute atomic E-state index is 0.0389. The number of nitrogens with zero attached hydrogens (tertiary/aromatic N) is 1. The highest BCUT2D eigenvalue weighted by molar-refractivity contribution is 5.97. The Bertz CT molecular complexity index is 887. The number of nitrogens with one attached hydrogen (secondary N) is 1. The van der Waals surface area contributed by atoms with E-state index in [1.54, 1.807) is 13.3 Å². The second-order valence-electron chi connectivity index (χ2n) is 6.82. The van der Waals surface area contributed by atoms with Gasteiger partial charge in [0.15, 0.2) is 0 Å². The summed E-state index contributed by atoms with van der Waals surface area (Å²) in [6.07, 6.45) is 5.58. The Balaban J connectivity index is 0.00000113. The molecule has 0 fully saturated rings. The van der Waals surface area contributed by atoms with Crippen LogP contribution in [0.3, 0.4) is 0 Å². The van der Waals surface area contributed by atoms with E-state index in [-0.39, 0.29) is 11.9 Å². The van der Waals surface area contributed by atoms with Crippen molar-refractivity contribution < 1.29 is 9.53 Å². The van der Waals surface area contributed by atoms with Crippen molar-refractivity contribution in [2.75, 3.05) is 19.1 Å². The van der Waals surface area contributed by atoms with Crippen molar-refractivity contribution in [2.24, 2.45) is 0 Å². The van der Waals surface area contributed by atoms with E-state index in [9.17, 15) is 4.79 Å². The van der Waals surface area contributed by atoms with Crippen LogP contribution in [0.1, 0.15) is 63.8 Å². The predicted octanol–water partition coefficient (Wildman–Crippen LogP) is 6.53. The molecule has 0 saturated heterocycles. The normalized spacial score (nSPS) is 14.2. The highest BCUT2D eigenvalue weighted by Crippen LogP contribution is 2.31. The number of anilines is 1. The van der Waals surface area contributed by atoms with E-state index in [1.807, 2.05) is 76.9 Å². The zero-order valence-electron chi connectivity index (χ0n) is 20.2. The number of methoxy groups -OCH3 is 1. The zero-order chi connectivity index (χ0) is 23.4. The van der Waals surface area contributed by atoms with Gasteiger partial charge in [0.25, 0.3) is 0 Å². The maximum absolute atomic E-state index is 12.7. The number of ether oxygens (including phenoxy) is 1. The number of benzene rings is 2. The Labute approximate surface area is 188 Å². The summed E-state index contributed by atoms with van der Waals surface area (Å²) in [6, 6.07) is 14.3. The molecule has 0 saturated carbocycles. The summed E-state index contributed by atoms with van der Waals surface area (Å²) in [5.74, 6) is 0.701. The smallest absolute Gasteiger partial charge is 0.247 e. The average Bonchev–Trinajstić information content (AvgIpc) is 3.23. The molecule has 4 nitrogen and oxygen atoms in total. The number of hydrogen-bond donors (Lipinski definition) is 1. The van der Waals surface area contributed by atoms with Gasteiger partial charge in [-0.2, -0.15) is 0 Å². The van der Waals surface area contributed by atoms with Gasteiger partial charge in [-0.15, -0.1) is 0 Å². The molecule has 0 bridgehead atoms. The van der Waals surface area contributed by atoms with Crippen molar-refractivity contribution in [3.63, 3.8) is 0 Å². The molecule has 1 N–H and O–H groups in total. The van der Waals surface area contributed by atoms with E-state index >= 15 is 0 Å². The molecule has 2 aromatic carbocycles. The molecule has 31 heavy (non-hydrogen) atoms. The van der Waals surface area contributed by atoms with Crippen molar-refractivity contribution in [3.8, 4) is 5.75 Å². The number of carbonyl (C=O) groups is 1. The molecular weight excluding hydrogens is 384 g/mol. The summed E-state index contributed by atoms with van der Waals surface area (Å²) in [5, 5.41) is 3.16. The number of rotatable bonds is 6. The first-order chi connectivity index (χ1) is 15.0. The van der Waals surface area contributed by atoms with Gasteiger partial charge in [0.1, 0.15) is 5.75 Å². The second-order valence-corrected chi connectivity index (χ2v) is 6.82. The largest absolute Gasteiger partial charge is 0.495 e. The zero-order valence-corrected chi connectivity index (χ0v) is 20.2. The molecular formula is C27H38N2O2. The molecule has 1 atom stereocenters. The molecule has 1 aliphatic carbocycles. The van der Waals surface area contributed by atoms with Gasteiger partial charge < -0.3 is 15.0 Å². The van der Waals surface area contributed by atoms with Gasteiger partial charge in [0.05, 0.1) is 18.8 Å². The molecule has 1 aliphatic rings. The van der Waals surface area contributed by atoms with Crippen molar-refractivity contribution in [3.05, 3.63) is 77.5 Å². The van der Waals surface area contributed by atoms with Crippen LogP contribution in [0.2, 0.25) is 0 Å². The monoisotopic (exact) mass is 422 g/mol. The molecule has 0 spiro atoms. The number of amides is 1. The van der Waals surface area contributed by atoms with Crippen molar-refractivity contribution >= 4 is 17.7 Å². The van der Waals surface area contributed by atoms with Crippen LogP contribution < -0.4 is 15.0 Å². The lowest BCUT2D eigenvalue weighted by Gasteiger charge is -2.18. The maximum atomic E-state index is 12.7. The lowest BCUT2D eigenvalue weighted by Crippen LogP contribution is -2.27. The quantitative estimate of drug-likeness (QED) is 0.538. The van der Waals surface area contributed by atoms with Gasteiger partial charge in [0, 0.05) is 12.6 Å². The van der Waals surface area contributed by atoms with Crippen LogP contribution in [0.4, 0.5) is 5.69 Å². The highest BCUT2D eigenvalue weighted by atomic mass is 16.5. The number of hydrogen-bond acceptors (Lipinski definition) is 3. The lowest BCUT2D eigenvalue weighted by atomic mass is 10.1.